The summed E-state index contributed by atoms with van der Waals surface area (Å²) in [6.45, 7) is 17.6. The summed E-state index contributed by atoms with van der Waals surface area (Å²) in [5.41, 5.74) is 5.08. The van der Waals surface area contributed by atoms with Gasteiger partial charge in [0.1, 0.15) is 5.75 Å². The minimum atomic E-state index is -0.873. The number of carbonyl (C=O) groups is 1. The first-order valence-corrected chi connectivity index (χ1v) is 11.3. The van der Waals surface area contributed by atoms with Gasteiger partial charge in [-0.05, 0) is 66.0 Å². The summed E-state index contributed by atoms with van der Waals surface area (Å²) in [4.78, 5) is 11.3. The van der Waals surface area contributed by atoms with E-state index < -0.39 is 5.97 Å². The van der Waals surface area contributed by atoms with Crippen LogP contribution >= 0.6 is 0 Å². The van der Waals surface area contributed by atoms with Crippen LogP contribution in [0.2, 0.25) is 0 Å². The fraction of sp³-hybridized carbons (Fsp3) is 0.519. The molecule has 0 fully saturated rings. The second kappa shape index (κ2) is 11.8. The number of aromatic carboxylic acids is 1. The van der Waals surface area contributed by atoms with Crippen LogP contribution in [0.25, 0.3) is 0 Å². The SMILES string of the molecule is CC.CCc1cc(C(CC)c2ccc(C(=O)O)c(C)c2)ccc1OCCC(C)(C)C. The fourth-order valence-electron chi connectivity index (χ4n) is 3.51. The number of carboxylic acids is 1. The maximum absolute atomic E-state index is 11.3. The molecule has 1 unspecified atom stereocenters. The monoisotopic (exact) mass is 412 g/mol. The molecule has 0 radical (unpaired) electrons. The zero-order valence-electron chi connectivity index (χ0n) is 20.1. The molecule has 0 aliphatic rings. The molecule has 0 heterocycles. The van der Waals surface area contributed by atoms with Gasteiger partial charge in [0.2, 0.25) is 0 Å². The average Bonchev–Trinajstić information content (AvgIpc) is 2.69. The van der Waals surface area contributed by atoms with Gasteiger partial charge >= 0.3 is 5.97 Å². The molecule has 2 rings (SSSR count). The van der Waals surface area contributed by atoms with E-state index in [9.17, 15) is 9.90 Å². The average molecular weight is 413 g/mol. The van der Waals surface area contributed by atoms with Gasteiger partial charge in [0.25, 0.3) is 0 Å². The molecular weight excluding hydrogens is 372 g/mol. The summed E-state index contributed by atoms with van der Waals surface area (Å²) < 4.78 is 6.07. The van der Waals surface area contributed by atoms with Crippen molar-refractivity contribution in [2.75, 3.05) is 6.61 Å². The van der Waals surface area contributed by atoms with Gasteiger partial charge in [0.15, 0.2) is 0 Å². The van der Waals surface area contributed by atoms with Gasteiger partial charge in [-0.3, -0.25) is 0 Å². The first kappa shape index (κ1) is 25.7. The molecule has 2 aromatic rings. The lowest BCUT2D eigenvalue weighted by atomic mass is 9.86. The number of rotatable bonds is 8. The molecular formula is C27H40O3. The Kier molecular flexibility index (Phi) is 10.1. The quantitative estimate of drug-likeness (QED) is 0.484. The van der Waals surface area contributed by atoms with E-state index in [1.165, 1.54) is 11.1 Å². The minimum Gasteiger partial charge on any atom is -0.493 e. The van der Waals surface area contributed by atoms with Gasteiger partial charge in [-0.1, -0.05) is 72.7 Å². The number of carboxylic acid groups (broad SMARTS) is 1. The van der Waals surface area contributed by atoms with Gasteiger partial charge in [0.05, 0.1) is 12.2 Å². The molecule has 0 saturated carbocycles. The first-order chi connectivity index (χ1) is 14.2. The van der Waals surface area contributed by atoms with E-state index in [1.807, 2.05) is 32.9 Å². The molecule has 0 aromatic heterocycles. The van der Waals surface area contributed by atoms with Gasteiger partial charge < -0.3 is 9.84 Å². The highest BCUT2D eigenvalue weighted by Crippen LogP contribution is 2.33. The first-order valence-electron chi connectivity index (χ1n) is 11.3. The molecule has 3 heteroatoms. The van der Waals surface area contributed by atoms with Crippen LogP contribution in [0.5, 0.6) is 5.75 Å². The highest BCUT2D eigenvalue weighted by molar-refractivity contribution is 5.89. The Morgan fingerprint density at radius 2 is 1.63 bits per heavy atom. The smallest absolute Gasteiger partial charge is 0.335 e. The zero-order valence-corrected chi connectivity index (χ0v) is 20.1. The van der Waals surface area contributed by atoms with Gasteiger partial charge in [-0.2, -0.15) is 0 Å². The Hall–Kier alpha value is -2.29. The van der Waals surface area contributed by atoms with E-state index in [2.05, 4.69) is 52.8 Å². The molecule has 0 amide bonds. The Labute approximate surface area is 183 Å². The van der Waals surface area contributed by atoms with Crippen LogP contribution < -0.4 is 4.74 Å². The molecule has 166 valence electrons. The van der Waals surface area contributed by atoms with E-state index in [0.29, 0.717) is 5.56 Å². The number of aryl methyl sites for hydroxylation is 2. The lowest BCUT2D eigenvalue weighted by Crippen LogP contribution is -2.12. The third kappa shape index (κ3) is 7.19. The standard InChI is InChI=1S/C25H34O3.C2H6/c1-7-18-16-20(10-12-23(18)28-14-13-25(4,5)6)21(8-2)19-9-11-22(24(26)27)17(3)15-19;1-2/h9-12,15-16,21H,7-8,13-14H2,1-6H3,(H,26,27);1-2H3. The van der Waals surface area contributed by atoms with Crippen molar-refractivity contribution in [2.24, 2.45) is 5.41 Å². The van der Waals surface area contributed by atoms with Crippen molar-refractivity contribution in [1.82, 2.24) is 0 Å². The summed E-state index contributed by atoms with van der Waals surface area (Å²) in [5.74, 6) is 0.348. The molecule has 30 heavy (non-hydrogen) atoms. The second-order valence-corrected chi connectivity index (χ2v) is 8.72. The van der Waals surface area contributed by atoms with Crippen LogP contribution in [0, 0.1) is 12.3 Å². The third-order valence-corrected chi connectivity index (χ3v) is 5.27. The second-order valence-electron chi connectivity index (χ2n) is 8.72. The molecule has 1 N–H and O–H groups in total. The Morgan fingerprint density at radius 1 is 1.03 bits per heavy atom. The van der Waals surface area contributed by atoms with Crippen LogP contribution in [0.1, 0.15) is 99.8 Å². The molecule has 0 bridgehead atoms. The molecule has 0 aliphatic carbocycles. The van der Waals surface area contributed by atoms with Crippen LogP contribution in [0.15, 0.2) is 36.4 Å². The molecule has 0 spiro atoms. The topological polar surface area (TPSA) is 46.5 Å². The van der Waals surface area contributed by atoms with Crippen molar-refractivity contribution in [3.8, 4) is 5.75 Å². The predicted molar refractivity (Wildman–Crippen MR) is 127 cm³/mol. The summed E-state index contributed by atoms with van der Waals surface area (Å²) in [6.07, 6.45) is 2.90. The van der Waals surface area contributed by atoms with Gasteiger partial charge in [-0.25, -0.2) is 4.79 Å². The molecule has 3 nitrogen and oxygen atoms in total. The maximum atomic E-state index is 11.3. The highest BCUT2D eigenvalue weighted by atomic mass is 16.5. The van der Waals surface area contributed by atoms with Crippen molar-refractivity contribution in [3.05, 3.63) is 64.2 Å². The van der Waals surface area contributed by atoms with Crippen LogP contribution in [-0.4, -0.2) is 17.7 Å². The molecule has 1 atom stereocenters. The third-order valence-electron chi connectivity index (χ3n) is 5.27. The number of hydrogen-bond acceptors (Lipinski definition) is 2. The van der Waals surface area contributed by atoms with E-state index in [0.717, 1.165) is 42.7 Å². The number of benzene rings is 2. The van der Waals surface area contributed by atoms with E-state index in [1.54, 1.807) is 6.07 Å². The summed E-state index contributed by atoms with van der Waals surface area (Å²) in [7, 11) is 0. The minimum absolute atomic E-state index is 0.246. The predicted octanol–water partition coefficient (Wildman–Crippen LogP) is 7.64. The fourth-order valence-corrected chi connectivity index (χ4v) is 3.51. The molecule has 0 saturated heterocycles. The normalized spacial score (nSPS) is 12.0. The van der Waals surface area contributed by atoms with Crippen molar-refractivity contribution in [1.29, 1.82) is 0 Å². The zero-order chi connectivity index (χ0) is 22.9. The molecule has 2 aromatic carbocycles. The Balaban J connectivity index is 0.00000218. The van der Waals surface area contributed by atoms with E-state index in [4.69, 9.17) is 4.74 Å². The number of hydrogen-bond donors (Lipinski definition) is 1. The Morgan fingerprint density at radius 3 is 2.13 bits per heavy atom. The Bertz CT molecular complexity index is 815. The van der Waals surface area contributed by atoms with Gasteiger partial charge in [0, 0.05) is 5.92 Å². The number of ether oxygens (including phenoxy) is 1. The maximum Gasteiger partial charge on any atom is 0.335 e. The lowest BCUT2D eigenvalue weighted by molar-refractivity contribution is 0.0696. The van der Waals surface area contributed by atoms with Crippen molar-refractivity contribution in [3.63, 3.8) is 0 Å². The van der Waals surface area contributed by atoms with E-state index >= 15 is 0 Å². The summed E-state index contributed by atoms with van der Waals surface area (Å²) in [6, 6.07) is 12.2. The van der Waals surface area contributed by atoms with Crippen molar-refractivity contribution >= 4 is 5.97 Å². The molecule has 0 aliphatic heterocycles. The highest BCUT2D eigenvalue weighted by Gasteiger charge is 2.17. The summed E-state index contributed by atoms with van der Waals surface area (Å²) >= 11 is 0. The van der Waals surface area contributed by atoms with Crippen molar-refractivity contribution in [2.45, 2.75) is 80.6 Å². The van der Waals surface area contributed by atoms with Crippen molar-refractivity contribution < 1.29 is 14.6 Å². The van der Waals surface area contributed by atoms with Gasteiger partial charge in [-0.15, -0.1) is 0 Å². The van der Waals surface area contributed by atoms with Crippen LogP contribution in [0.3, 0.4) is 0 Å². The largest absolute Gasteiger partial charge is 0.493 e. The van der Waals surface area contributed by atoms with E-state index in [-0.39, 0.29) is 11.3 Å². The van der Waals surface area contributed by atoms with Crippen LogP contribution in [0.4, 0.5) is 0 Å². The lowest BCUT2D eigenvalue weighted by Gasteiger charge is -2.21. The van der Waals surface area contributed by atoms with Crippen LogP contribution in [-0.2, 0) is 6.42 Å². The summed E-state index contributed by atoms with van der Waals surface area (Å²) in [5, 5.41) is 9.28.